The van der Waals surface area contributed by atoms with E-state index in [0.717, 1.165) is 25.9 Å². The molecule has 2 saturated heterocycles. The normalized spacial score (nSPS) is 18.9. The average molecular weight is 470 g/mol. The van der Waals surface area contributed by atoms with Crippen LogP contribution in [0.4, 0.5) is 0 Å². The summed E-state index contributed by atoms with van der Waals surface area (Å²) in [5.41, 5.74) is 0.563. The number of carbonyl (C=O) groups excluding carboxylic acids is 3. The number of benzene rings is 1. The zero-order chi connectivity index (χ0) is 22.8. The number of amides is 3. The molecule has 1 N–H and O–H groups in total. The Hall–Kier alpha value is -3.07. The summed E-state index contributed by atoms with van der Waals surface area (Å²) in [6, 6.07) is 8.26. The van der Waals surface area contributed by atoms with E-state index in [-0.39, 0.29) is 30.4 Å². The maximum Gasteiger partial charge on any atom is 0.262 e. The zero-order valence-electron chi connectivity index (χ0n) is 18.3. The van der Waals surface area contributed by atoms with Crippen molar-refractivity contribution in [3.63, 3.8) is 0 Å². The number of piperidine rings is 1. The first-order valence-corrected chi connectivity index (χ1v) is 12.3. The van der Waals surface area contributed by atoms with Crippen molar-refractivity contribution >= 4 is 29.1 Å². The molecular weight excluding hydrogens is 442 g/mol. The third kappa shape index (κ3) is 4.55. The molecule has 1 aromatic carbocycles. The second-order valence-corrected chi connectivity index (χ2v) is 9.61. The number of nitrogens with zero attached hydrogens (tertiary/aromatic N) is 2. The van der Waals surface area contributed by atoms with Crippen LogP contribution < -0.4 is 14.8 Å². The van der Waals surface area contributed by atoms with Crippen LogP contribution in [0.2, 0.25) is 0 Å². The lowest BCUT2D eigenvalue weighted by Crippen LogP contribution is -2.54. The van der Waals surface area contributed by atoms with Gasteiger partial charge in [-0.05, 0) is 61.2 Å². The molecule has 8 nitrogen and oxygen atoms in total. The first kappa shape index (κ1) is 21.8. The molecule has 5 rings (SSSR count). The monoisotopic (exact) mass is 469 g/mol. The van der Waals surface area contributed by atoms with Crippen LogP contribution in [-0.2, 0) is 4.79 Å². The van der Waals surface area contributed by atoms with E-state index in [1.807, 2.05) is 21.2 Å². The van der Waals surface area contributed by atoms with E-state index in [4.69, 9.17) is 9.47 Å². The van der Waals surface area contributed by atoms with Gasteiger partial charge in [0.15, 0.2) is 11.5 Å². The molecule has 0 aliphatic carbocycles. The first-order valence-electron chi connectivity index (χ1n) is 11.4. The Morgan fingerprint density at radius 2 is 1.73 bits per heavy atom. The van der Waals surface area contributed by atoms with Gasteiger partial charge < -0.3 is 24.6 Å². The van der Waals surface area contributed by atoms with Gasteiger partial charge in [0.25, 0.3) is 11.8 Å². The van der Waals surface area contributed by atoms with E-state index >= 15 is 0 Å². The molecule has 0 radical (unpaired) electrons. The minimum Gasteiger partial charge on any atom is -0.454 e. The van der Waals surface area contributed by atoms with Gasteiger partial charge in [-0.3, -0.25) is 14.4 Å². The van der Waals surface area contributed by atoms with Crippen LogP contribution in [0.1, 0.15) is 45.7 Å². The molecular formula is C24H27N3O5S. The Morgan fingerprint density at radius 1 is 0.970 bits per heavy atom. The minimum atomic E-state index is -0.569. The van der Waals surface area contributed by atoms with E-state index in [1.54, 1.807) is 24.3 Å². The number of nitrogens with one attached hydrogen (secondary N) is 1. The van der Waals surface area contributed by atoms with Crippen molar-refractivity contribution < 1.29 is 23.9 Å². The highest BCUT2D eigenvalue weighted by atomic mass is 32.1. The topological polar surface area (TPSA) is 88.2 Å². The molecule has 2 aromatic rings. The smallest absolute Gasteiger partial charge is 0.262 e. The maximum absolute atomic E-state index is 13.3. The van der Waals surface area contributed by atoms with Crippen LogP contribution in [0.5, 0.6) is 11.5 Å². The second kappa shape index (κ2) is 9.43. The molecule has 3 aliphatic heterocycles. The summed E-state index contributed by atoms with van der Waals surface area (Å²) in [5.74, 6) is 0.956. The van der Waals surface area contributed by atoms with Gasteiger partial charge in [0, 0.05) is 31.7 Å². The fourth-order valence-corrected chi connectivity index (χ4v) is 5.41. The van der Waals surface area contributed by atoms with E-state index in [0.29, 0.717) is 47.9 Å². The molecule has 4 heterocycles. The Kier molecular flexibility index (Phi) is 6.22. The van der Waals surface area contributed by atoms with Crippen molar-refractivity contribution in [3.05, 3.63) is 46.2 Å². The van der Waals surface area contributed by atoms with Gasteiger partial charge in [0.05, 0.1) is 4.88 Å². The summed E-state index contributed by atoms with van der Waals surface area (Å²) in [7, 11) is 0. The molecule has 174 valence electrons. The molecule has 0 unspecified atom stereocenters. The third-order valence-corrected chi connectivity index (χ3v) is 7.50. The van der Waals surface area contributed by atoms with E-state index in [2.05, 4.69) is 5.32 Å². The number of fused-ring (bicyclic) bond motifs is 1. The van der Waals surface area contributed by atoms with Crippen LogP contribution in [0.3, 0.4) is 0 Å². The predicted octanol–water partition coefficient (Wildman–Crippen LogP) is 2.75. The van der Waals surface area contributed by atoms with E-state index < -0.39 is 6.04 Å². The standard InChI is InChI=1S/C24H27N3O5S/c28-22(20-4-3-13-33-20)25-21(24(30)26-9-1-2-10-26)16-7-11-27(12-8-16)23(29)17-5-6-18-19(14-17)32-15-31-18/h3-6,13-14,16,21H,1-2,7-12,15H2,(H,25,28)/t21-/m1/s1. The van der Waals surface area contributed by atoms with Crippen molar-refractivity contribution in [3.8, 4) is 11.5 Å². The summed E-state index contributed by atoms with van der Waals surface area (Å²) in [4.78, 5) is 43.4. The summed E-state index contributed by atoms with van der Waals surface area (Å²) in [6.45, 7) is 2.73. The highest BCUT2D eigenvalue weighted by Crippen LogP contribution is 2.33. The number of hydrogen-bond donors (Lipinski definition) is 1. The van der Waals surface area contributed by atoms with Crippen molar-refractivity contribution in [2.24, 2.45) is 5.92 Å². The van der Waals surface area contributed by atoms with Gasteiger partial charge in [-0.1, -0.05) is 6.07 Å². The van der Waals surface area contributed by atoms with Crippen LogP contribution in [0.15, 0.2) is 35.7 Å². The van der Waals surface area contributed by atoms with Gasteiger partial charge in [0.2, 0.25) is 12.7 Å². The highest BCUT2D eigenvalue weighted by molar-refractivity contribution is 7.12. The maximum atomic E-state index is 13.3. The molecule has 1 atom stereocenters. The molecule has 2 fully saturated rings. The van der Waals surface area contributed by atoms with Crippen molar-refractivity contribution in [2.75, 3.05) is 33.0 Å². The fourth-order valence-electron chi connectivity index (χ4n) is 4.78. The number of hydrogen-bond acceptors (Lipinski definition) is 6. The van der Waals surface area contributed by atoms with Crippen LogP contribution in [-0.4, -0.2) is 66.5 Å². The molecule has 0 saturated carbocycles. The Labute approximate surface area is 196 Å². The summed E-state index contributed by atoms with van der Waals surface area (Å²) in [5, 5.41) is 4.87. The average Bonchev–Trinajstić information content (AvgIpc) is 3.63. The van der Waals surface area contributed by atoms with Crippen molar-refractivity contribution in [1.82, 2.24) is 15.1 Å². The van der Waals surface area contributed by atoms with E-state index in [9.17, 15) is 14.4 Å². The molecule has 9 heteroatoms. The second-order valence-electron chi connectivity index (χ2n) is 8.66. The number of thiophene rings is 1. The molecule has 33 heavy (non-hydrogen) atoms. The fraction of sp³-hybridized carbons (Fsp3) is 0.458. The molecule has 3 aliphatic rings. The van der Waals surface area contributed by atoms with Crippen molar-refractivity contribution in [2.45, 2.75) is 31.7 Å². The van der Waals surface area contributed by atoms with E-state index in [1.165, 1.54) is 11.3 Å². The zero-order valence-corrected chi connectivity index (χ0v) is 19.1. The van der Waals surface area contributed by atoms with Crippen molar-refractivity contribution in [1.29, 1.82) is 0 Å². The summed E-state index contributed by atoms with van der Waals surface area (Å²) < 4.78 is 10.7. The van der Waals surface area contributed by atoms with Gasteiger partial charge in [0.1, 0.15) is 6.04 Å². The third-order valence-electron chi connectivity index (χ3n) is 6.63. The lowest BCUT2D eigenvalue weighted by Gasteiger charge is -2.37. The molecule has 0 bridgehead atoms. The Balaban J connectivity index is 1.26. The SMILES string of the molecule is O=C(N[C@@H](C(=O)N1CCCC1)C1CCN(C(=O)c2ccc3c(c2)OCO3)CC1)c1cccs1. The first-order chi connectivity index (χ1) is 16.1. The van der Waals surface area contributed by atoms with Gasteiger partial charge in [-0.25, -0.2) is 0 Å². The Morgan fingerprint density at radius 3 is 2.45 bits per heavy atom. The lowest BCUT2D eigenvalue weighted by molar-refractivity contribution is -0.134. The molecule has 1 aromatic heterocycles. The van der Waals surface area contributed by atoms with Gasteiger partial charge in [-0.15, -0.1) is 11.3 Å². The Bertz CT molecular complexity index is 1030. The largest absolute Gasteiger partial charge is 0.454 e. The summed E-state index contributed by atoms with van der Waals surface area (Å²) >= 11 is 1.36. The molecule has 0 spiro atoms. The summed E-state index contributed by atoms with van der Waals surface area (Å²) in [6.07, 6.45) is 3.32. The van der Waals surface area contributed by atoms with Gasteiger partial charge >= 0.3 is 0 Å². The van der Waals surface area contributed by atoms with Crippen LogP contribution in [0.25, 0.3) is 0 Å². The van der Waals surface area contributed by atoms with Crippen LogP contribution in [0, 0.1) is 5.92 Å². The number of rotatable bonds is 5. The number of carbonyl (C=O) groups is 3. The predicted molar refractivity (Wildman–Crippen MR) is 123 cm³/mol. The number of ether oxygens (including phenoxy) is 2. The van der Waals surface area contributed by atoms with Gasteiger partial charge in [-0.2, -0.15) is 0 Å². The van der Waals surface area contributed by atoms with Crippen LogP contribution >= 0.6 is 11.3 Å². The minimum absolute atomic E-state index is 0.00189. The number of likely N-dealkylation sites (tertiary alicyclic amines) is 2. The molecule has 3 amide bonds. The highest BCUT2D eigenvalue weighted by Gasteiger charge is 2.37. The quantitative estimate of drug-likeness (QED) is 0.728. The lowest BCUT2D eigenvalue weighted by atomic mass is 9.88.